The number of nitrogens with zero attached hydrogens (tertiary/aromatic N) is 2. The molecule has 0 radical (unpaired) electrons. The van der Waals surface area contributed by atoms with Gasteiger partial charge in [-0.25, -0.2) is 4.98 Å². The summed E-state index contributed by atoms with van der Waals surface area (Å²) in [5, 5.41) is 0. The summed E-state index contributed by atoms with van der Waals surface area (Å²) in [6, 6.07) is 7.87. The van der Waals surface area contributed by atoms with Crippen LogP contribution in [0, 0.1) is 0 Å². The van der Waals surface area contributed by atoms with E-state index in [-0.39, 0.29) is 11.8 Å². The van der Waals surface area contributed by atoms with Crippen LogP contribution in [0.1, 0.15) is 39.1 Å². The molecule has 0 bridgehead atoms. The number of ketones is 1. The minimum Gasteiger partial charge on any atom is -0.318 e. The van der Waals surface area contributed by atoms with Crippen molar-refractivity contribution < 1.29 is 4.79 Å². The molecule has 0 amide bonds. The molecule has 1 unspecified atom stereocenters. The van der Waals surface area contributed by atoms with Crippen LogP contribution in [-0.2, 0) is 11.2 Å². The van der Waals surface area contributed by atoms with Gasteiger partial charge in [-0.2, -0.15) is 0 Å². The number of carbonyl (C=O) groups excluding carboxylic acids is 1. The standard InChI is InChI=1S/C14H18N2O/c1-4-13(17)10(3)16-12-9-7-6-8-11(12)15-14(16)5-2/h6-10H,4-5H2,1-3H3. The highest BCUT2D eigenvalue weighted by atomic mass is 16.1. The van der Waals surface area contributed by atoms with Gasteiger partial charge in [-0.15, -0.1) is 0 Å². The lowest BCUT2D eigenvalue weighted by atomic mass is 10.1. The molecule has 0 fully saturated rings. The summed E-state index contributed by atoms with van der Waals surface area (Å²) in [6.45, 7) is 5.93. The van der Waals surface area contributed by atoms with Gasteiger partial charge in [0.05, 0.1) is 17.1 Å². The van der Waals surface area contributed by atoms with E-state index < -0.39 is 0 Å². The predicted octanol–water partition coefficient (Wildman–Crippen LogP) is 3.14. The fourth-order valence-electron chi connectivity index (χ4n) is 2.22. The number of rotatable bonds is 4. The van der Waals surface area contributed by atoms with E-state index >= 15 is 0 Å². The monoisotopic (exact) mass is 230 g/mol. The Bertz CT molecular complexity index is 542. The molecule has 0 aliphatic carbocycles. The van der Waals surface area contributed by atoms with Crippen LogP contribution in [0.3, 0.4) is 0 Å². The summed E-state index contributed by atoms with van der Waals surface area (Å²) < 4.78 is 2.07. The summed E-state index contributed by atoms with van der Waals surface area (Å²) >= 11 is 0. The van der Waals surface area contributed by atoms with Crippen molar-refractivity contribution in [3.8, 4) is 0 Å². The summed E-state index contributed by atoms with van der Waals surface area (Å²) in [7, 11) is 0. The highest BCUT2D eigenvalue weighted by molar-refractivity contribution is 5.85. The first-order valence-electron chi connectivity index (χ1n) is 6.17. The molecule has 90 valence electrons. The highest BCUT2D eigenvalue weighted by Gasteiger charge is 2.18. The lowest BCUT2D eigenvalue weighted by Crippen LogP contribution is -2.17. The molecule has 0 N–H and O–H groups in total. The Balaban J connectivity index is 2.61. The molecule has 1 atom stereocenters. The van der Waals surface area contributed by atoms with E-state index in [2.05, 4.69) is 16.5 Å². The molecule has 0 aliphatic rings. The Hall–Kier alpha value is -1.64. The van der Waals surface area contributed by atoms with Crippen molar-refractivity contribution in [2.24, 2.45) is 0 Å². The Morgan fingerprint density at radius 3 is 2.71 bits per heavy atom. The second-order valence-corrected chi connectivity index (χ2v) is 4.24. The zero-order valence-electron chi connectivity index (χ0n) is 10.6. The summed E-state index contributed by atoms with van der Waals surface area (Å²) in [5.41, 5.74) is 2.03. The third-order valence-electron chi connectivity index (χ3n) is 3.19. The average Bonchev–Trinajstić information content (AvgIpc) is 2.75. The molecule has 1 heterocycles. The molecule has 1 aromatic carbocycles. The van der Waals surface area contributed by atoms with Crippen LogP contribution in [0.15, 0.2) is 24.3 Å². The largest absolute Gasteiger partial charge is 0.318 e. The van der Waals surface area contributed by atoms with Crippen molar-refractivity contribution in [1.29, 1.82) is 0 Å². The van der Waals surface area contributed by atoms with Gasteiger partial charge in [0.2, 0.25) is 0 Å². The van der Waals surface area contributed by atoms with Crippen molar-refractivity contribution in [1.82, 2.24) is 9.55 Å². The minimum absolute atomic E-state index is 0.123. The normalized spacial score (nSPS) is 12.9. The Morgan fingerprint density at radius 2 is 2.06 bits per heavy atom. The van der Waals surface area contributed by atoms with E-state index in [1.807, 2.05) is 38.1 Å². The van der Waals surface area contributed by atoms with Crippen LogP contribution in [0.25, 0.3) is 11.0 Å². The SMILES string of the molecule is CCC(=O)C(C)n1c(CC)nc2ccccc21. The molecule has 0 saturated carbocycles. The van der Waals surface area contributed by atoms with Crippen LogP contribution >= 0.6 is 0 Å². The smallest absolute Gasteiger partial charge is 0.155 e. The van der Waals surface area contributed by atoms with E-state index in [9.17, 15) is 4.79 Å². The zero-order valence-corrected chi connectivity index (χ0v) is 10.6. The van der Waals surface area contributed by atoms with Gasteiger partial charge in [0.25, 0.3) is 0 Å². The molecule has 3 nitrogen and oxygen atoms in total. The highest BCUT2D eigenvalue weighted by Crippen LogP contribution is 2.22. The van der Waals surface area contributed by atoms with Crippen molar-refractivity contribution >= 4 is 16.8 Å². The quantitative estimate of drug-likeness (QED) is 0.808. The first-order valence-corrected chi connectivity index (χ1v) is 6.17. The minimum atomic E-state index is -0.123. The maximum absolute atomic E-state index is 11.9. The van der Waals surface area contributed by atoms with Crippen molar-refractivity contribution in [2.45, 2.75) is 39.7 Å². The lowest BCUT2D eigenvalue weighted by molar-refractivity contribution is -0.121. The molecule has 0 aliphatic heterocycles. The molecule has 17 heavy (non-hydrogen) atoms. The van der Waals surface area contributed by atoms with Gasteiger partial charge in [-0.05, 0) is 19.1 Å². The molecule has 0 spiro atoms. The van der Waals surface area contributed by atoms with Crippen LogP contribution in [-0.4, -0.2) is 15.3 Å². The number of Topliss-reactive ketones (excluding diaryl/α,β-unsaturated/α-hetero) is 1. The van der Waals surface area contributed by atoms with Crippen LogP contribution in [0.4, 0.5) is 0 Å². The third kappa shape index (κ3) is 1.97. The molecular formula is C14H18N2O. The first kappa shape index (κ1) is 11.8. The molecule has 2 aromatic rings. The average molecular weight is 230 g/mol. The fourth-order valence-corrected chi connectivity index (χ4v) is 2.22. The maximum atomic E-state index is 11.9. The van der Waals surface area contributed by atoms with E-state index in [1.54, 1.807) is 0 Å². The molecule has 1 aromatic heterocycles. The summed E-state index contributed by atoms with van der Waals surface area (Å²) in [5.74, 6) is 1.24. The Morgan fingerprint density at radius 1 is 1.35 bits per heavy atom. The van der Waals surface area contributed by atoms with Crippen LogP contribution in [0.5, 0.6) is 0 Å². The Kier molecular flexibility index (Phi) is 3.27. The van der Waals surface area contributed by atoms with E-state index in [0.717, 1.165) is 23.3 Å². The second-order valence-electron chi connectivity index (χ2n) is 4.24. The topological polar surface area (TPSA) is 34.9 Å². The first-order chi connectivity index (χ1) is 8.19. The van der Waals surface area contributed by atoms with Gasteiger partial charge >= 0.3 is 0 Å². The number of hydrogen-bond acceptors (Lipinski definition) is 2. The number of hydrogen-bond donors (Lipinski definition) is 0. The van der Waals surface area contributed by atoms with Gasteiger partial charge in [-0.1, -0.05) is 26.0 Å². The molecule has 3 heteroatoms. The van der Waals surface area contributed by atoms with E-state index in [0.29, 0.717) is 6.42 Å². The van der Waals surface area contributed by atoms with Crippen LogP contribution < -0.4 is 0 Å². The van der Waals surface area contributed by atoms with Crippen molar-refractivity contribution in [3.63, 3.8) is 0 Å². The zero-order chi connectivity index (χ0) is 12.4. The van der Waals surface area contributed by atoms with Crippen molar-refractivity contribution in [3.05, 3.63) is 30.1 Å². The number of benzene rings is 1. The van der Waals surface area contributed by atoms with Crippen molar-refractivity contribution in [2.75, 3.05) is 0 Å². The van der Waals surface area contributed by atoms with Gasteiger partial charge in [0, 0.05) is 12.8 Å². The summed E-state index contributed by atoms with van der Waals surface area (Å²) in [6.07, 6.45) is 1.41. The third-order valence-corrected chi connectivity index (χ3v) is 3.19. The van der Waals surface area contributed by atoms with Gasteiger partial charge in [-0.3, -0.25) is 4.79 Å². The van der Waals surface area contributed by atoms with Crippen LogP contribution in [0.2, 0.25) is 0 Å². The van der Waals surface area contributed by atoms with E-state index in [1.165, 1.54) is 0 Å². The number of para-hydroxylation sites is 2. The molecular weight excluding hydrogens is 212 g/mol. The number of fused-ring (bicyclic) bond motifs is 1. The van der Waals surface area contributed by atoms with Gasteiger partial charge in [0.1, 0.15) is 5.82 Å². The summed E-state index contributed by atoms with van der Waals surface area (Å²) in [4.78, 5) is 16.5. The fraction of sp³-hybridized carbons (Fsp3) is 0.429. The lowest BCUT2D eigenvalue weighted by Gasteiger charge is -2.15. The maximum Gasteiger partial charge on any atom is 0.155 e. The molecule has 2 rings (SSSR count). The second kappa shape index (κ2) is 4.70. The number of aryl methyl sites for hydroxylation is 1. The predicted molar refractivity (Wildman–Crippen MR) is 69.1 cm³/mol. The molecule has 0 saturated heterocycles. The number of aromatic nitrogens is 2. The van der Waals surface area contributed by atoms with E-state index in [4.69, 9.17) is 0 Å². The van der Waals surface area contributed by atoms with Gasteiger partial charge < -0.3 is 4.57 Å². The Labute approximate surface area is 101 Å². The number of carbonyl (C=O) groups is 1. The number of imidazole rings is 1. The van der Waals surface area contributed by atoms with Gasteiger partial charge in [0.15, 0.2) is 5.78 Å².